The molecule has 162 valence electrons. The summed E-state index contributed by atoms with van der Waals surface area (Å²) in [5.74, 6) is 2.21. The molecule has 1 aliphatic carbocycles. The molecular formula is C26H32N4O. The fourth-order valence-corrected chi connectivity index (χ4v) is 3.82. The molecule has 3 N–H and O–H groups in total. The molecule has 5 nitrogen and oxygen atoms in total. The number of aliphatic imine (C=N–C) groups is 1. The van der Waals surface area contributed by atoms with Crippen molar-refractivity contribution in [2.75, 3.05) is 18.9 Å². The van der Waals surface area contributed by atoms with Crippen LogP contribution in [0.15, 0.2) is 53.0 Å². The number of aromatic nitrogens is 1. The van der Waals surface area contributed by atoms with E-state index in [4.69, 9.17) is 20.4 Å². The second kappa shape index (κ2) is 9.92. The summed E-state index contributed by atoms with van der Waals surface area (Å²) in [4.78, 5) is 9.54. The van der Waals surface area contributed by atoms with E-state index in [1.165, 1.54) is 18.4 Å². The molecule has 0 saturated heterocycles. The van der Waals surface area contributed by atoms with Crippen LogP contribution in [-0.4, -0.2) is 24.8 Å². The van der Waals surface area contributed by atoms with Gasteiger partial charge in [-0.2, -0.15) is 0 Å². The van der Waals surface area contributed by atoms with Gasteiger partial charge in [-0.3, -0.25) is 9.98 Å². The van der Waals surface area contributed by atoms with Crippen LogP contribution in [0.25, 0.3) is 5.70 Å². The summed E-state index contributed by atoms with van der Waals surface area (Å²) < 4.78 is 6.45. The van der Waals surface area contributed by atoms with E-state index in [0.29, 0.717) is 12.5 Å². The van der Waals surface area contributed by atoms with E-state index < -0.39 is 0 Å². The van der Waals surface area contributed by atoms with Gasteiger partial charge in [-0.15, -0.1) is 0 Å². The number of benzene rings is 1. The van der Waals surface area contributed by atoms with E-state index in [2.05, 4.69) is 35.7 Å². The van der Waals surface area contributed by atoms with Crippen molar-refractivity contribution in [2.24, 2.45) is 10.7 Å². The minimum Gasteiger partial charge on any atom is -0.456 e. The number of ether oxygens (including phenoxy) is 1. The number of hydrogen-bond acceptors (Lipinski definition) is 5. The molecule has 0 radical (unpaired) electrons. The van der Waals surface area contributed by atoms with Gasteiger partial charge in [0.2, 0.25) is 0 Å². The number of nitrogens with one attached hydrogen (secondary N) is 1. The summed E-state index contributed by atoms with van der Waals surface area (Å²) in [5, 5.41) is 3.22. The molecule has 2 heterocycles. The molecule has 0 spiro atoms. The predicted octanol–water partition coefficient (Wildman–Crippen LogP) is 5.97. The predicted molar refractivity (Wildman–Crippen MR) is 129 cm³/mol. The quantitative estimate of drug-likeness (QED) is 0.583. The van der Waals surface area contributed by atoms with Crippen LogP contribution in [0.4, 0.5) is 5.69 Å². The first-order chi connectivity index (χ1) is 15.2. The van der Waals surface area contributed by atoms with Crippen LogP contribution >= 0.6 is 0 Å². The number of aryl methyl sites for hydroxylation is 1. The van der Waals surface area contributed by atoms with Crippen LogP contribution in [-0.2, 0) is 0 Å². The highest BCUT2D eigenvalue weighted by Crippen LogP contribution is 2.41. The lowest BCUT2D eigenvalue weighted by molar-refractivity contribution is 0.479. The number of pyridine rings is 1. The van der Waals surface area contributed by atoms with Crippen LogP contribution in [0.1, 0.15) is 61.4 Å². The Labute approximate surface area is 185 Å². The Morgan fingerprint density at radius 2 is 1.97 bits per heavy atom. The molecule has 1 fully saturated rings. The molecule has 5 heteroatoms. The maximum absolute atomic E-state index is 6.45. The van der Waals surface area contributed by atoms with Crippen molar-refractivity contribution >= 4 is 17.6 Å². The number of rotatable bonds is 7. The molecule has 0 amide bonds. The van der Waals surface area contributed by atoms with E-state index >= 15 is 0 Å². The lowest BCUT2D eigenvalue weighted by Gasteiger charge is -2.15. The van der Waals surface area contributed by atoms with Crippen molar-refractivity contribution in [2.45, 2.75) is 51.4 Å². The number of nitrogens with two attached hydrogens (primary N) is 1. The van der Waals surface area contributed by atoms with E-state index in [1.807, 2.05) is 32.3 Å². The van der Waals surface area contributed by atoms with E-state index in [0.717, 1.165) is 65.5 Å². The zero-order valence-corrected chi connectivity index (χ0v) is 18.5. The molecule has 1 aliphatic heterocycles. The Hall–Kier alpha value is -2.92. The maximum Gasteiger partial charge on any atom is 0.138 e. The fraction of sp³-hybridized carbons (Fsp3) is 0.385. The molecule has 4 rings (SSSR count). The summed E-state index contributed by atoms with van der Waals surface area (Å²) in [6.45, 7) is 2.66. The van der Waals surface area contributed by atoms with Crippen molar-refractivity contribution in [1.82, 2.24) is 4.98 Å². The van der Waals surface area contributed by atoms with Crippen LogP contribution < -0.4 is 15.8 Å². The number of nitrogens with zero attached hydrogens (tertiary/aromatic N) is 2. The van der Waals surface area contributed by atoms with Gasteiger partial charge in [-0.25, -0.2) is 0 Å². The highest BCUT2D eigenvalue weighted by atomic mass is 16.5. The molecule has 0 bridgehead atoms. The lowest BCUT2D eigenvalue weighted by atomic mass is 10.1. The molecule has 31 heavy (non-hydrogen) atoms. The minimum atomic E-state index is 0.583. The van der Waals surface area contributed by atoms with Crippen molar-refractivity contribution in [3.8, 4) is 11.5 Å². The zero-order chi connectivity index (χ0) is 21.6. The Bertz CT molecular complexity index is 1020. The largest absolute Gasteiger partial charge is 0.456 e. The molecule has 1 saturated carbocycles. The summed E-state index contributed by atoms with van der Waals surface area (Å²) in [7, 11) is 1.92. The van der Waals surface area contributed by atoms with Gasteiger partial charge in [-0.05, 0) is 69.7 Å². The average Bonchev–Trinajstić information content (AvgIpc) is 3.59. The highest BCUT2D eigenvalue weighted by molar-refractivity contribution is 5.86. The molecule has 1 aromatic carbocycles. The summed E-state index contributed by atoms with van der Waals surface area (Å²) in [6, 6.07) is 10.3. The summed E-state index contributed by atoms with van der Waals surface area (Å²) in [5.41, 5.74) is 12.0. The van der Waals surface area contributed by atoms with Gasteiger partial charge in [0.05, 0.1) is 5.70 Å². The Morgan fingerprint density at radius 3 is 2.74 bits per heavy atom. The first-order valence-electron chi connectivity index (χ1n) is 11.3. The average molecular weight is 417 g/mol. The molecule has 2 aliphatic rings. The summed E-state index contributed by atoms with van der Waals surface area (Å²) >= 11 is 0. The highest BCUT2D eigenvalue weighted by Gasteiger charge is 2.26. The van der Waals surface area contributed by atoms with Crippen LogP contribution in [0.5, 0.6) is 11.5 Å². The topological polar surface area (TPSA) is 72.5 Å². The molecule has 2 aromatic rings. The first kappa shape index (κ1) is 21.3. The molecule has 0 atom stereocenters. The van der Waals surface area contributed by atoms with Gasteiger partial charge in [0.15, 0.2) is 0 Å². The third kappa shape index (κ3) is 5.61. The van der Waals surface area contributed by atoms with Crippen molar-refractivity contribution in [1.29, 1.82) is 0 Å². The molecular weight excluding hydrogens is 384 g/mol. The van der Waals surface area contributed by atoms with Crippen molar-refractivity contribution in [3.05, 3.63) is 65.0 Å². The van der Waals surface area contributed by atoms with E-state index in [-0.39, 0.29) is 0 Å². The van der Waals surface area contributed by atoms with Crippen LogP contribution in [0.3, 0.4) is 0 Å². The Morgan fingerprint density at radius 1 is 1.13 bits per heavy atom. The van der Waals surface area contributed by atoms with Crippen LogP contribution in [0, 0.1) is 6.92 Å². The number of anilines is 1. The Balaban J connectivity index is 1.69. The van der Waals surface area contributed by atoms with Gasteiger partial charge in [-0.1, -0.05) is 12.2 Å². The van der Waals surface area contributed by atoms with Crippen LogP contribution in [0.2, 0.25) is 0 Å². The van der Waals surface area contributed by atoms with Gasteiger partial charge in [0.1, 0.15) is 11.5 Å². The first-order valence-corrected chi connectivity index (χ1v) is 11.3. The SMILES string of the molecule is CNc1ccc(C2=CCCC/C=C(CCN)\C=N/2)c(Oc2cc(C)nc(C3CC3)c2)c1. The fourth-order valence-electron chi connectivity index (χ4n) is 3.82. The van der Waals surface area contributed by atoms with E-state index in [9.17, 15) is 0 Å². The number of hydrogen-bond donors (Lipinski definition) is 2. The van der Waals surface area contributed by atoms with E-state index in [1.54, 1.807) is 0 Å². The second-order valence-corrected chi connectivity index (χ2v) is 8.30. The standard InChI is InChI=1S/C26H32N4O/c1-18-14-22(16-25(30-18)20-8-9-20)31-26-15-21(28-2)10-11-23(26)24-7-5-3-4-6-19(12-13-27)17-29-24/h6-7,10-11,14-17,20,28H,3-5,8-9,12-13,27H2,1-2H3/b19-6-,24-7?,29-17-. The van der Waals surface area contributed by atoms with Crippen molar-refractivity contribution < 1.29 is 4.74 Å². The van der Waals surface area contributed by atoms with Crippen molar-refractivity contribution in [3.63, 3.8) is 0 Å². The minimum absolute atomic E-state index is 0.583. The van der Waals surface area contributed by atoms with Gasteiger partial charge in [0.25, 0.3) is 0 Å². The third-order valence-electron chi connectivity index (χ3n) is 5.67. The normalized spacial score (nSPS) is 19.3. The molecule has 1 aromatic heterocycles. The molecule has 0 unspecified atom stereocenters. The Kier molecular flexibility index (Phi) is 6.82. The van der Waals surface area contributed by atoms with Gasteiger partial charge < -0.3 is 15.8 Å². The summed E-state index contributed by atoms with van der Waals surface area (Å²) in [6.07, 6.45) is 12.8. The van der Waals surface area contributed by atoms with Gasteiger partial charge in [0, 0.05) is 60.0 Å². The maximum atomic E-state index is 6.45. The second-order valence-electron chi connectivity index (χ2n) is 8.30. The van der Waals surface area contributed by atoms with Gasteiger partial charge >= 0.3 is 0 Å². The zero-order valence-electron chi connectivity index (χ0n) is 18.5. The smallest absolute Gasteiger partial charge is 0.138 e. The monoisotopic (exact) mass is 416 g/mol. The third-order valence-corrected chi connectivity index (χ3v) is 5.67. The lowest BCUT2D eigenvalue weighted by Crippen LogP contribution is -2.01. The number of allylic oxidation sites excluding steroid dienone is 2.